The van der Waals surface area contributed by atoms with E-state index in [1.165, 1.54) is 23.9 Å². The number of aliphatic hydroxyl groups is 1. The predicted octanol–water partition coefficient (Wildman–Crippen LogP) is 1.65. The molecule has 1 aromatic rings. The van der Waals surface area contributed by atoms with Gasteiger partial charge in [-0.1, -0.05) is 0 Å². The van der Waals surface area contributed by atoms with Crippen LogP contribution in [0.3, 0.4) is 0 Å². The van der Waals surface area contributed by atoms with Crippen molar-refractivity contribution in [2.75, 3.05) is 32.6 Å². The molecule has 0 amide bonds. The van der Waals surface area contributed by atoms with Gasteiger partial charge < -0.3 is 15.2 Å². The molecule has 5 heteroatoms. The molecular formula is C12H18FNO2S. The molecule has 0 aliphatic heterocycles. The lowest BCUT2D eigenvalue weighted by Crippen LogP contribution is -2.19. The summed E-state index contributed by atoms with van der Waals surface area (Å²) in [6.07, 6.45) is 0. The van der Waals surface area contributed by atoms with Gasteiger partial charge >= 0.3 is 0 Å². The van der Waals surface area contributed by atoms with Crippen LogP contribution in [0.1, 0.15) is 5.56 Å². The topological polar surface area (TPSA) is 41.5 Å². The van der Waals surface area contributed by atoms with Crippen LogP contribution in [0, 0.1) is 5.82 Å². The minimum atomic E-state index is -0.234. The highest BCUT2D eigenvalue weighted by Crippen LogP contribution is 2.23. The fourth-order valence-electron chi connectivity index (χ4n) is 1.38. The number of rotatable bonds is 8. The van der Waals surface area contributed by atoms with Crippen molar-refractivity contribution in [1.29, 1.82) is 0 Å². The number of aliphatic hydroxyl groups excluding tert-OH is 1. The smallest absolute Gasteiger partial charge is 0.123 e. The van der Waals surface area contributed by atoms with Crippen LogP contribution in [0.5, 0.6) is 0 Å². The molecule has 0 bridgehead atoms. The van der Waals surface area contributed by atoms with Gasteiger partial charge in [0.15, 0.2) is 0 Å². The molecule has 0 aliphatic carbocycles. The quantitative estimate of drug-likeness (QED) is 0.550. The summed E-state index contributed by atoms with van der Waals surface area (Å²) >= 11 is 1.53. The zero-order valence-electron chi connectivity index (χ0n) is 9.91. The molecule has 0 atom stereocenters. The number of nitrogens with one attached hydrogen (secondary N) is 1. The average Bonchev–Trinajstić information content (AvgIpc) is 2.33. The molecule has 0 saturated heterocycles. The summed E-state index contributed by atoms with van der Waals surface area (Å²) in [5.41, 5.74) is 0.916. The molecule has 1 rings (SSSR count). The molecule has 96 valence electrons. The van der Waals surface area contributed by atoms with Crippen molar-refractivity contribution in [2.45, 2.75) is 11.4 Å². The van der Waals surface area contributed by atoms with E-state index in [0.717, 1.165) is 17.0 Å². The number of hydrogen-bond donors (Lipinski definition) is 2. The van der Waals surface area contributed by atoms with Gasteiger partial charge in [-0.15, -0.1) is 11.8 Å². The number of ether oxygens (including phenoxy) is 1. The van der Waals surface area contributed by atoms with Crippen LogP contribution in [-0.2, 0) is 11.3 Å². The van der Waals surface area contributed by atoms with E-state index < -0.39 is 0 Å². The molecule has 0 radical (unpaired) electrons. The Morgan fingerprint density at radius 3 is 3.00 bits per heavy atom. The van der Waals surface area contributed by atoms with E-state index in [9.17, 15) is 4.39 Å². The lowest BCUT2D eigenvalue weighted by molar-refractivity contribution is 0.199. The fourth-order valence-corrected chi connectivity index (χ4v) is 2.17. The first-order chi connectivity index (χ1) is 8.27. The van der Waals surface area contributed by atoms with E-state index >= 15 is 0 Å². The van der Waals surface area contributed by atoms with Crippen LogP contribution >= 0.6 is 11.8 Å². The van der Waals surface area contributed by atoms with Crippen molar-refractivity contribution in [1.82, 2.24) is 5.32 Å². The maximum Gasteiger partial charge on any atom is 0.123 e. The normalized spacial score (nSPS) is 10.8. The fraction of sp³-hybridized carbons (Fsp3) is 0.500. The Balaban J connectivity index is 2.56. The first kappa shape index (κ1) is 14.4. The molecule has 0 saturated carbocycles. The Kier molecular flexibility index (Phi) is 7.19. The van der Waals surface area contributed by atoms with E-state index in [1.54, 1.807) is 13.2 Å². The molecule has 0 spiro atoms. The summed E-state index contributed by atoms with van der Waals surface area (Å²) in [6, 6.07) is 4.72. The van der Waals surface area contributed by atoms with Crippen molar-refractivity contribution in [3.05, 3.63) is 29.6 Å². The highest BCUT2D eigenvalue weighted by atomic mass is 32.2. The minimum Gasteiger partial charge on any atom is -0.396 e. The minimum absolute atomic E-state index is 0.124. The summed E-state index contributed by atoms with van der Waals surface area (Å²) in [5.74, 6) is 0.387. The maximum atomic E-state index is 13.1. The van der Waals surface area contributed by atoms with Gasteiger partial charge in [-0.25, -0.2) is 4.39 Å². The predicted molar refractivity (Wildman–Crippen MR) is 67.8 cm³/mol. The molecule has 1 aromatic carbocycles. The molecular weight excluding hydrogens is 241 g/mol. The van der Waals surface area contributed by atoms with Gasteiger partial charge in [0.2, 0.25) is 0 Å². The zero-order valence-corrected chi connectivity index (χ0v) is 10.7. The first-order valence-electron chi connectivity index (χ1n) is 5.49. The van der Waals surface area contributed by atoms with Gasteiger partial charge in [-0.2, -0.15) is 0 Å². The summed E-state index contributed by atoms with van der Waals surface area (Å²) in [7, 11) is 1.65. The van der Waals surface area contributed by atoms with E-state index in [4.69, 9.17) is 9.84 Å². The van der Waals surface area contributed by atoms with Crippen molar-refractivity contribution in [2.24, 2.45) is 0 Å². The SMILES string of the molecule is COCCNCc1cc(F)ccc1SCCO. The van der Waals surface area contributed by atoms with Crippen LogP contribution in [0.4, 0.5) is 4.39 Å². The van der Waals surface area contributed by atoms with Crippen LogP contribution in [-0.4, -0.2) is 37.7 Å². The van der Waals surface area contributed by atoms with Gasteiger partial charge in [-0.05, 0) is 23.8 Å². The third-order valence-corrected chi connectivity index (χ3v) is 3.27. The van der Waals surface area contributed by atoms with Crippen molar-refractivity contribution >= 4 is 11.8 Å². The van der Waals surface area contributed by atoms with Crippen LogP contribution in [0.15, 0.2) is 23.1 Å². The standard InChI is InChI=1S/C12H18FNO2S/c1-16-6-4-14-9-10-8-11(13)2-3-12(10)17-7-5-15/h2-3,8,14-15H,4-7,9H2,1H3. The highest BCUT2D eigenvalue weighted by Gasteiger charge is 2.04. The van der Waals surface area contributed by atoms with Gasteiger partial charge in [0.25, 0.3) is 0 Å². The van der Waals surface area contributed by atoms with Gasteiger partial charge in [-0.3, -0.25) is 0 Å². The Bertz CT molecular complexity index is 336. The summed E-state index contributed by atoms with van der Waals surface area (Å²) in [4.78, 5) is 1.00. The molecule has 0 aromatic heterocycles. The Hall–Kier alpha value is -0.620. The Labute approximate surface area is 105 Å². The Morgan fingerprint density at radius 1 is 1.47 bits per heavy atom. The monoisotopic (exact) mass is 259 g/mol. The van der Waals surface area contributed by atoms with E-state index in [2.05, 4.69) is 5.32 Å². The van der Waals surface area contributed by atoms with Crippen LogP contribution in [0.2, 0.25) is 0 Å². The van der Waals surface area contributed by atoms with Gasteiger partial charge in [0, 0.05) is 30.8 Å². The summed E-state index contributed by atoms with van der Waals surface area (Å²) < 4.78 is 18.1. The van der Waals surface area contributed by atoms with E-state index in [-0.39, 0.29) is 12.4 Å². The van der Waals surface area contributed by atoms with Crippen molar-refractivity contribution in [3.8, 4) is 0 Å². The second kappa shape index (κ2) is 8.47. The van der Waals surface area contributed by atoms with Crippen LogP contribution < -0.4 is 5.32 Å². The van der Waals surface area contributed by atoms with Crippen LogP contribution in [0.25, 0.3) is 0 Å². The lowest BCUT2D eigenvalue weighted by atomic mass is 10.2. The second-order valence-corrected chi connectivity index (χ2v) is 4.63. The Morgan fingerprint density at radius 2 is 2.29 bits per heavy atom. The van der Waals surface area contributed by atoms with Gasteiger partial charge in [0.05, 0.1) is 13.2 Å². The van der Waals surface area contributed by atoms with E-state index in [1.807, 2.05) is 0 Å². The maximum absolute atomic E-state index is 13.1. The average molecular weight is 259 g/mol. The summed E-state index contributed by atoms with van der Waals surface area (Å²) in [6.45, 7) is 2.10. The second-order valence-electron chi connectivity index (χ2n) is 3.49. The first-order valence-corrected chi connectivity index (χ1v) is 6.48. The zero-order chi connectivity index (χ0) is 12.5. The molecule has 17 heavy (non-hydrogen) atoms. The summed E-state index contributed by atoms with van der Waals surface area (Å²) in [5, 5.41) is 12.0. The third-order valence-electron chi connectivity index (χ3n) is 2.17. The lowest BCUT2D eigenvalue weighted by Gasteiger charge is -2.10. The molecule has 0 aliphatic rings. The molecule has 0 heterocycles. The number of thioether (sulfide) groups is 1. The number of methoxy groups -OCH3 is 1. The molecule has 0 fully saturated rings. The molecule has 3 nitrogen and oxygen atoms in total. The number of halogens is 1. The number of benzene rings is 1. The van der Waals surface area contributed by atoms with Gasteiger partial charge in [0.1, 0.15) is 5.82 Å². The van der Waals surface area contributed by atoms with Crippen molar-refractivity contribution in [3.63, 3.8) is 0 Å². The van der Waals surface area contributed by atoms with Crippen molar-refractivity contribution < 1.29 is 14.2 Å². The number of hydrogen-bond acceptors (Lipinski definition) is 4. The third kappa shape index (κ3) is 5.50. The largest absolute Gasteiger partial charge is 0.396 e. The highest BCUT2D eigenvalue weighted by molar-refractivity contribution is 7.99. The molecule has 2 N–H and O–H groups in total. The molecule has 0 unspecified atom stereocenters. The van der Waals surface area contributed by atoms with E-state index in [0.29, 0.717) is 18.9 Å².